The standard InChI is InChI=1S/C17H21N3O/c1-12-5-7-13(8-6-12)16-18-19-17(21-16)14-9-10-20(11-14)15-3-2-4-15/h5-8,14-15H,2-4,9-11H2,1H3/t14-/m0/s1. The van der Waals surface area contributed by atoms with Crippen molar-refractivity contribution in [3.8, 4) is 11.5 Å². The highest BCUT2D eigenvalue weighted by Gasteiger charge is 2.34. The van der Waals surface area contributed by atoms with Crippen LogP contribution in [-0.4, -0.2) is 34.2 Å². The van der Waals surface area contributed by atoms with Crippen molar-refractivity contribution in [1.29, 1.82) is 0 Å². The van der Waals surface area contributed by atoms with Crippen LogP contribution in [-0.2, 0) is 0 Å². The van der Waals surface area contributed by atoms with Crippen LogP contribution in [0.15, 0.2) is 28.7 Å². The molecule has 4 nitrogen and oxygen atoms in total. The molecule has 4 heteroatoms. The minimum Gasteiger partial charge on any atom is -0.420 e. The number of rotatable bonds is 3. The van der Waals surface area contributed by atoms with Crippen molar-refractivity contribution >= 4 is 0 Å². The summed E-state index contributed by atoms with van der Waals surface area (Å²) in [6, 6.07) is 9.05. The highest BCUT2D eigenvalue weighted by atomic mass is 16.4. The summed E-state index contributed by atoms with van der Waals surface area (Å²) in [7, 11) is 0. The Morgan fingerprint density at radius 3 is 2.62 bits per heavy atom. The summed E-state index contributed by atoms with van der Waals surface area (Å²) in [6.45, 7) is 4.34. The molecule has 4 rings (SSSR count). The topological polar surface area (TPSA) is 42.2 Å². The van der Waals surface area contributed by atoms with E-state index in [1.54, 1.807) is 0 Å². The molecule has 1 saturated heterocycles. The van der Waals surface area contributed by atoms with Gasteiger partial charge in [-0.1, -0.05) is 24.1 Å². The Bertz CT molecular complexity index is 615. The van der Waals surface area contributed by atoms with Gasteiger partial charge in [0.2, 0.25) is 11.8 Å². The predicted octanol–water partition coefficient (Wildman–Crippen LogP) is 3.39. The van der Waals surface area contributed by atoms with Crippen molar-refractivity contribution < 1.29 is 4.42 Å². The van der Waals surface area contributed by atoms with Gasteiger partial charge in [0.05, 0.1) is 5.92 Å². The van der Waals surface area contributed by atoms with E-state index in [4.69, 9.17) is 4.42 Å². The average molecular weight is 283 g/mol. The third-order valence-corrected chi connectivity index (χ3v) is 4.90. The van der Waals surface area contributed by atoms with Gasteiger partial charge in [0.25, 0.3) is 0 Å². The SMILES string of the molecule is Cc1ccc(-c2nnc([C@H]3CCN(C4CCC4)C3)o2)cc1. The maximum absolute atomic E-state index is 5.92. The number of hydrogen-bond acceptors (Lipinski definition) is 4. The van der Waals surface area contributed by atoms with Gasteiger partial charge in [-0.3, -0.25) is 4.90 Å². The number of aromatic nitrogens is 2. The molecule has 0 N–H and O–H groups in total. The lowest BCUT2D eigenvalue weighted by Crippen LogP contribution is -2.38. The van der Waals surface area contributed by atoms with Gasteiger partial charge in [-0.05, 0) is 44.9 Å². The number of nitrogens with zero attached hydrogens (tertiary/aromatic N) is 3. The number of benzene rings is 1. The largest absolute Gasteiger partial charge is 0.420 e. The molecule has 1 atom stereocenters. The van der Waals surface area contributed by atoms with E-state index in [2.05, 4.69) is 34.2 Å². The molecule has 1 aromatic carbocycles. The van der Waals surface area contributed by atoms with Crippen LogP contribution in [0.2, 0.25) is 0 Å². The van der Waals surface area contributed by atoms with Gasteiger partial charge in [-0.25, -0.2) is 0 Å². The Labute approximate surface area is 125 Å². The molecule has 1 aliphatic heterocycles. The first kappa shape index (κ1) is 13.0. The van der Waals surface area contributed by atoms with Crippen LogP contribution < -0.4 is 0 Å². The zero-order valence-electron chi connectivity index (χ0n) is 12.5. The van der Waals surface area contributed by atoms with Crippen LogP contribution in [0.1, 0.15) is 43.1 Å². The van der Waals surface area contributed by atoms with Crippen molar-refractivity contribution in [1.82, 2.24) is 15.1 Å². The van der Waals surface area contributed by atoms with E-state index in [-0.39, 0.29) is 0 Å². The molecule has 0 spiro atoms. The van der Waals surface area contributed by atoms with Crippen molar-refractivity contribution in [3.63, 3.8) is 0 Å². The number of likely N-dealkylation sites (tertiary alicyclic amines) is 1. The van der Waals surface area contributed by atoms with Crippen LogP contribution in [0.5, 0.6) is 0 Å². The van der Waals surface area contributed by atoms with Crippen molar-refractivity contribution in [2.75, 3.05) is 13.1 Å². The molecule has 2 aliphatic rings. The lowest BCUT2D eigenvalue weighted by Gasteiger charge is -2.34. The molecule has 2 fully saturated rings. The quantitative estimate of drug-likeness (QED) is 0.866. The van der Waals surface area contributed by atoms with Gasteiger partial charge in [0, 0.05) is 18.2 Å². The molecule has 1 saturated carbocycles. The molecule has 1 aliphatic carbocycles. The van der Waals surface area contributed by atoms with E-state index < -0.39 is 0 Å². The van der Waals surface area contributed by atoms with Gasteiger partial charge >= 0.3 is 0 Å². The Morgan fingerprint density at radius 2 is 1.90 bits per heavy atom. The smallest absolute Gasteiger partial charge is 0.247 e. The summed E-state index contributed by atoms with van der Waals surface area (Å²) in [5, 5.41) is 8.52. The summed E-state index contributed by atoms with van der Waals surface area (Å²) in [5.74, 6) is 1.87. The third kappa shape index (κ3) is 2.48. The first-order valence-corrected chi connectivity index (χ1v) is 7.94. The fraction of sp³-hybridized carbons (Fsp3) is 0.529. The molecule has 0 amide bonds. The van der Waals surface area contributed by atoms with E-state index in [0.29, 0.717) is 11.8 Å². The van der Waals surface area contributed by atoms with Crippen molar-refractivity contribution in [2.24, 2.45) is 0 Å². The second-order valence-corrected chi connectivity index (χ2v) is 6.38. The van der Waals surface area contributed by atoms with Gasteiger partial charge in [0.15, 0.2) is 0 Å². The monoisotopic (exact) mass is 283 g/mol. The predicted molar refractivity (Wildman–Crippen MR) is 81.0 cm³/mol. The van der Waals surface area contributed by atoms with E-state index >= 15 is 0 Å². The number of hydrogen-bond donors (Lipinski definition) is 0. The van der Waals surface area contributed by atoms with Crippen LogP contribution in [0, 0.1) is 6.92 Å². The molecule has 0 bridgehead atoms. The molecular formula is C17H21N3O. The molecule has 2 heterocycles. The van der Waals surface area contributed by atoms with Crippen molar-refractivity contribution in [2.45, 2.75) is 44.6 Å². The van der Waals surface area contributed by atoms with Crippen molar-refractivity contribution in [3.05, 3.63) is 35.7 Å². The highest BCUT2D eigenvalue weighted by Crippen LogP contribution is 2.34. The fourth-order valence-corrected chi connectivity index (χ4v) is 3.28. The van der Waals surface area contributed by atoms with Gasteiger partial charge in [0.1, 0.15) is 0 Å². The molecule has 1 aromatic heterocycles. The second kappa shape index (κ2) is 5.26. The van der Waals surface area contributed by atoms with E-state index in [1.807, 2.05) is 12.1 Å². The Hall–Kier alpha value is -1.68. The van der Waals surface area contributed by atoms with E-state index in [9.17, 15) is 0 Å². The Morgan fingerprint density at radius 1 is 1.10 bits per heavy atom. The molecular weight excluding hydrogens is 262 g/mol. The first-order valence-electron chi connectivity index (χ1n) is 7.94. The summed E-state index contributed by atoms with van der Waals surface area (Å²) < 4.78 is 5.92. The summed E-state index contributed by atoms with van der Waals surface area (Å²) >= 11 is 0. The van der Waals surface area contributed by atoms with Gasteiger partial charge in [-0.2, -0.15) is 0 Å². The molecule has 0 radical (unpaired) electrons. The maximum atomic E-state index is 5.92. The zero-order valence-corrected chi connectivity index (χ0v) is 12.5. The van der Waals surface area contributed by atoms with Crippen LogP contribution >= 0.6 is 0 Å². The van der Waals surface area contributed by atoms with E-state index in [1.165, 1.54) is 31.4 Å². The minimum atomic E-state index is 0.414. The highest BCUT2D eigenvalue weighted by molar-refractivity contribution is 5.52. The maximum Gasteiger partial charge on any atom is 0.247 e. The Balaban J connectivity index is 1.48. The normalized spacial score (nSPS) is 23.4. The molecule has 21 heavy (non-hydrogen) atoms. The summed E-state index contributed by atoms with van der Waals surface area (Å²) in [5.41, 5.74) is 2.25. The summed E-state index contributed by atoms with van der Waals surface area (Å²) in [4.78, 5) is 2.60. The zero-order chi connectivity index (χ0) is 14.2. The summed E-state index contributed by atoms with van der Waals surface area (Å²) in [6.07, 6.45) is 5.27. The van der Waals surface area contributed by atoms with Crippen LogP contribution in [0.25, 0.3) is 11.5 Å². The lowest BCUT2D eigenvalue weighted by molar-refractivity contribution is 0.156. The molecule has 0 unspecified atom stereocenters. The average Bonchev–Trinajstić information content (AvgIpc) is 3.06. The fourth-order valence-electron chi connectivity index (χ4n) is 3.28. The minimum absolute atomic E-state index is 0.414. The molecule has 110 valence electrons. The third-order valence-electron chi connectivity index (χ3n) is 4.90. The lowest BCUT2D eigenvalue weighted by atomic mass is 9.92. The Kier molecular flexibility index (Phi) is 3.26. The van der Waals surface area contributed by atoms with Gasteiger partial charge in [-0.15, -0.1) is 10.2 Å². The first-order chi connectivity index (χ1) is 10.3. The van der Waals surface area contributed by atoms with Crippen LogP contribution in [0.3, 0.4) is 0 Å². The second-order valence-electron chi connectivity index (χ2n) is 6.38. The van der Waals surface area contributed by atoms with E-state index in [0.717, 1.165) is 30.5 Å². The molecule has 2 aromatic rings. The number of aryl methyl sites for hydroxylation is 1. The van der Waals surface area contributed by atoms with Crippen LogP contribution in [0.4, 0.5) is 0 Å². The van der Waals surface area contributed by atoms with Gasteiger partial charge < -0.3 is 4.42 Å².